The highest BCUT2D eigenvalue weighted by molar-refractivity contribution is 7.89. The molecule has 1 atom stereocenters. The number of rotatable bonds is 5. The van der Waals surface area contributed by atoms with Crippen molar-refractivity contribution in [1.82, 2.24) is 8.87 Å². The lowest BCUT2D eigenvalue weighted by atomic mass is 9.90. The first kappa shape index (κ1) is 28.2. The highest BCUT2D eigenvalue weighted by Gasteiger charge is 2.43. The summed E-state index contributed by atoms with van der Waals surface area (Å²) in [7, 11) is -2.29. The van der Waals surface area contributed by atoms with Crippen molar-refractivity contribution in [2.75, 3.05) is 20.7 Å². The van der Waals surface area contributed by atoms with Gasteiger partial charge in [-0.3, -0.25) is 14.2 Å². The fourth-order valence-corrected chi connectivity index (χ4v) is 6.84. The van der Waals surface area contributed by atoms with Crippen LogP contribution in [0.5, 0.6) is 0 Å². The number of carbonyl (C=O) groups is 2. The summed E-state index contributed by atoms with van der Waals surface area (Å²) in [6.07, 6.45) is -4.69. The Morgan fingerprint density at radius 1 is 1.07 bits per heavy atom. The SMILES string of the molecule is COC(=O)C1CN(C)S(=O)(=O)c2c(-c3cccc(C(F)(F)F)c3)c(Cc3cccc4ccccc34)c(C=O)c(=O)n21. The lowest BCUT2D eigenvalue weighted by Crippen LogP contribution is -2.49. The van der Waals surface area contributed by atoms with Crippen LogP contribution in [0.25, 0.3) is 21.9 Å². The van der Waals surface area contributed by atoms with E-state index >= 15 is 0 Å². The summed E-state index contributed by atoms with van der Waals surface area (Å²) < 4.78 is 75.3. The molecule has 1 unspecified atom stereocenters. The van der Waals surface area contributed by atoms with Crippen LogP contribution >= 0.6 is 0 Å². The predicted octanol–water partition coefficient (Wildman–Crippen LogP) is 4.44. The van der Waals surface area contributed by atoms with Crippen LogP contribution in [0.2, 0.25) is 0 Å². The maximum absolute atomic E-state index is 13.8. The van der Waals surface area contributed by atoms with Crippen molar-refractivity contribution >= 4 is 33.1 Å². The Labute approximate surface area is 232 Å². The van der Waals surface area contributed by atoms with Gasteiger partial charge in [0, 0.05) is 19.2 Å². The molecule has 4 aromatic rings. The number of fused-ring (bicyclic) bond motifs is 2. The Bertz CT molecular complexity index is 1880. The molecule has 0 bridgehead atoms. The van der Waals surface area contributed by atoms with E-state index in [-0.39, 0.29) is 29.4 Å². The first-order chi connectivity index (χ1) is 19.4. The molecule has 8 nitrogen and oxygen atoms in total. The van der Waals surface area contributed by atoms with E-state index in [1.165, 1.54) is 13.1 Å². The van der Waals surface area contributed by atoms with Gasteiger partial charge in [-0.05, 0) is 46.0 Å². The number of hydrogen-bond donors (Lipinski definition) is 0. The molecular weight excluding hydrogens is 561 g/mol. The van der Waals surface area contributed by atoms with Crippen molar-refractivity contribution < 1.29 is 35.9 Å². The van der Waals surface area contributed by atoms with Crippen LogP contribution in [0, 0.1) is 0 Å². The number of sulfonamides is 1. The number of aldehydes is 1. The number of ether oxygens (including phenoxy) is 1. The molecule has 0 aliphatic carbocycles. The molecule has 12 heteroatoms. The van der Waals surface area contributed by atoms with Gasteiger partial charge in [-0.25, -0.2) is 13.2 Å². The first-order valence-electron chi connectivity index (χ1n) is 12.3. The van der Waals surface area contributed by atoms with Crippen LogP contribution in [-0.4, -0.2) is 50.2 Å². The smallest absolute Gasteiger partial charge is 0.416 e. The van der Waals surface area contributed by atoms with E-state index in [0.717, 1.165) is 40.4 Å². The van der Waals surface area contributed by atoms with Gasteiger partial charge in [0.2, 0.25) is 0 Å². The summed E-state index contributed by atoms with van der Waals surface area (Å²) >= 11 is 0. The molecule has 3 aromatic carbocycles. The average Bonchev–Trinajstić information content (AvgIpc) is 2.94. The number of halogens is 3. The number of pyridine rings is 1. The maximum atomic E-state index is 13.8. The van der Waals surface area contributed by atoms with E-state index in [1.807, 2.05) is 18.2 Å². The Morgan fingerprint density at radius 3 is 2.44 bits per heavy atom. The molecule has 41 heavy (non-hydrogen) atoms. The van der Waals surface area contributed by atoms with Crippen LogP contribution in [0.15, 0.2) is 76.6 Å². The standard InChI is InChI=1S/C29H23F3N2O6S/c1-33-15-24(28(37)40-2)34-26(36)23(16-35)22(14-18-9-5-8-17-7-3-4-12-21(17)18)25(27(34)41(33,38)39)19-10-6-11-20(13-19)29(30,31)32/h3-13,16,24H,14-15H2,1-2H3. The fourth-order valence-electron chi connectivity index (χ4n) is 5.25. The van der Waals surface area contributed by atoms with Crippen LogP contribution in [0.3, 0.4) is 0 Å². The van der Waals surface area contributed by atoms with Crippen molar-refractivity contribution in [2.45, 2.75) is 23.7 Å². The zero-order chi connectivity index (χ0) is 29.7. The predicted molar refractivity (Wildman–Crippen MR) is 144 cm³/mol. The number of esters is 1. The van der Waals surface area contributed by atoms with E-state index in [0.29, 0.717) is 10.1 Å². The second-order valence-corrected chi connectivity index (χ2v) is 11.5. The van der Waals surface area contributed by atoms with Gasteiger partial charge in [0.05, 0.1) is 18.2 Å². The highest BCUT2D eigenvalue weighted by Crippen LogP contribution is 2.40. The van der Waals surface area contributed by atoms with E-state index < -0.39 is 56.5 Å². The molecule has 0 amide bonds. The molecule has 0 spiro atoms. The minimum absolute atomic E-state index is 0.0746. The van der Waals surface area contributed by atoms with Gasteiger partial charge < -0.3 is 4.74 Å². The Morgan fingerprint density at radius 2 is 1.76 bits per heavy atom. The molecule has 212 valence electrons. The van der Waals surface area contributed by atoms with Gasteiger partial charge in [0.15, 0.2) is 11.3 Å². The number of hydrogen-bond acceptors (Lipinski definition) is 6. The van der Waals surface area contributed by atoms with Crippen LogP contribution in [0.1, 0.15) is 33.1 Å². The van der Waals surface area contributed by atoms with Gasteiger partial charge in [-0.2, -0.15) is 17.5 Å². The molecule has 0 radical (unpaired) electrons. The highest BCUT2D eigenvalue weighted by atomic mass is 32.2. The topological polar surface area (TPSA) is 103 Å². The van der Waals surface area contributed by atoms with Gasteiger partial charge in [0.25, 0.3) is 15.6 Å². The monoisotopic (exact) mass is 584 g/mol. The van der Waals surface area contributed by atoms with Crippen molar-refractivity contribution in [2.24, 2.45) is 0 Å². The van der Waals surface area contributed by atoms with Gasteiger partial charge >= 0.3 is 12.1 Å². The second kappa shape index (κ2) is 10.3. The summed E-state index contributed by atoms with van der Waals surface area (Å²) in [4.78, 5) is 39.1. The average molecular weight is 585 g/mol. The first-order valence-corrected chi connectivity index (χ1v) is 13.8. The summed E-state index contributed by atoms with van der Waals surface area (Å²) in [6, 6.07) is 15.0. The zero-order valence-electron chi connectivity index (χ0n) is 21.8. The molecular formula is C29H23F3N2O6S. The molecule has 0 saturated heterocycles. The van der Waals surface area contributed by atoms with Crippen molar-refractivity contribution in [3.63, 3.8) is 0 Å². The lowest BCUT2D eigenvalue weighted by molar-refractivity contribution is -0.145. The zero-order valence-corrected chi connectivity index (χ0v) is 22.6. The normalized spacial score (nSPS) is 16.8. The Hall–Kier alpha value is -4.29. The lowest BCUT2D eigenvalue weighted by Gasteiger charge is -2.34. The molecule has 1 aliphatic heterocycles. The molecule has 0 saturated carbocycles. The quantitative estimate of drug-likeness (QED) is 0.254. The Kier molecular flexibility index (Phi) is 7.08. The third-order valence-electron chi connectivity index (χ3n) is 7.22. The number of carbonyl (C=O) groups excluding carboxylic acids is 2. The van der Waals surface area contributed by atoms with Crippen LogP contribution < -0.4 is 5.56 Å². The van der Waals surface area contributed by atoms with Crippen LogP contribution in [-0.2, 0) is 32.2 Å². The minimum Gasteiger partial charge on any atom is -0.467 e. The number of nitrogens with zero attached hydrogens (tertiary/aromatic N) is 2. The summed E-state index contributed by atoms with van der Waals surface area (Å²) in [5.74, 6) is -0.955. The van der Waals surface area contributed by atoms with Crippen LogP contribution in [0.4, 0.5) is 13.2 Å². The summed E-state index contributed by atoms with van der Waals surface area (Å²) in [5, 5.41) is 0.880. The minimum atomic E-state index is -4.77. The summed E-state index contributed by atoms with van der Waals surface area (Å²) in [6.45, 7) is -0.481. The molecule has 1 aliphatic rings. The number of methoxy groups -OCH3 is 1. The maximum Gasteiger partial charge on any atom is 0.416 e. The molecule has 0 fully saturated rings. The number of alkyl halides is 3. The van der Waals surface area contributed by atoms with Gasteiger partial charge in [0.1, 0.15) is 6.04 Å². The third-order valence-corrected chi connectivity index (χ3v) is 9.08. The fraction of sp³-hybridized carbons (Fsp3) is 0.207. The molecule has 2 heterocycles. The molecule has 1 aromatic heterocycles. The van der Waals surface area contributed by atoms with E-state index in [2.05, 4.69) is 0 Å². The summed E-state index contributed by atoms with van der Waals surface area (Å²) in [5.41, 5.74) is -2.52. The van der Waals surface area contributed by atoms with E-state index in [9.17, 15) is 36.0 Å². The molecule has 0 N–H and O–H groups in total. The van der Waals surface area contributed by atoms with Crippen molar-refractivity contribution in [3.05, 3.63) is 99.3 Å². The molecule has 5 rings (SSSR count). The number of aromatic nitrogens is 1. The van der Waals surface area contributed by atoms with E-state index in [1.54, 1.807) is 24.3 Å². The Balaban J connectivity index is 1.96. The van der Waals surface area contributed by atoms with Crippen molar-refractivity contribution in [1.29, 1.82) is 0 Å². The van der Waals surface area contributed by atoms with Gasteiger partial charge in [-0.1, -0.05) is 54.6 Å². The number of benzene rings is 3. The van der Waals surface area contributed by atoms with Crippen molar-refractivity contribution in [3.8, 4) is 11.1 Å². The van der Waals surface area contributed by atoms with E-state index in [4.69, 9.17) is 4.74 Å². The third kappa shape index (κ3) is 4.72. The number of likely N-dealkylation sites (N-methyl/N-ethyl adjacent to an activating group) is 1. The largest absolute Gasteiger partial charge is 0.467 e. The van der Waals surface area contributed by atoms with Gasteiger partial charge in [-0.15, -0.1) is 0 Å². The second-order valence-electron chi connectivity index (χ2n) is 9.58.